The van der Waals surface area contributed by atoms with Crippen LogP contribution in [0.2, 0.25) is 0 Å². The number of benzene rings is 4. The number of hydrogen-bond acceptors (Lipinski definition) is 0. The second-order valence-corrected chi connectivity index (χ2v) is 4.96. The van der Waals surface area contributed by atoms with Crippen molar-refractivity contribution in [3.05, 3.63) is 84.9 Å². The van der Waals surface area contributed by atoms with Crippen molar-refractivity contribution < 1.29 is 0 Å². The Morgan fingerprint density at radius 2 is 1.00 bits per heavy atom. The lowest BCUT2D eigenvalue weighted by atomic mass is 9.92. The molecule has 0 aliphatic rings. The van der Waals surface area contributed by atoms with Crippen LogP contribution in [0.5, 0.6) is 0 Å². The molecule has 4 aromatic rings. The fourth-order valence-corrected chi connectivity index (χ4v) is 2.83. The first-order chi connectivity index (χ1) is 9.93. The van der Waals surface area contributed by atoms with E-state index in [0.717, 1.165) is 0 Å². The van der Waals surface area contributed by atoms with E-state index in [1.54, 1.807) is 0 Å². The highest BCUT2D eigenvalue weighted by Gasteiger charge is 2.08. The third kappa shape index (κ3) is 1.70. The zero-order valence-electron chi connectivity index (χ0n) is 11.0. The van der Waals surface area contributed by atoms with Crippen LogP contribution in [0.15, 0.2) is 78.9 Å². The molecular weight excluding hydrogens is 240 g/mol. The molecule has 0 N–H and O–H groups in total. The van der Waals surface area contributed by atoms with Gasteiger partial charge in [-0.25, -0.2) is 0 Å². The highest BCUT2D eigenvalue weighted by atomic mass is 14.1. The Morgan fingerprint density at radius 1 is 0.500 bits per heavy atom. The van der Waals surface area contributed by atoms with Gasteiger partial charge >= 0.3 is 0 Å². The summed E-state index contributed by atoms with van der Waals surface area (Å²) in [5.41, 5.74) is 2.56. The quantitative estimate of drug-likeness (QED) is 0.395. The van der Waals surface area contributed by atoms with Crippen molar-refractivity contribution in [3.8, 4) is 11.1 Å². The molecule has 4 aromatic carbocycles. The second kappa shape index (κ2) is 4.50. The SMILES string of the molecule is [c]1c2ccccc2c(-c2ccccc2)c2ccccc12. The molecule has 0 fully saturated rings. The van der Waals surface area contributed by atoms with Crippen LogP contribution in [0.25, 0.3) is 32.7 Å². The minimum atomic E-state index is 1.17. The molecule has 0 spiro atoms. The van der Waals surface area contributed by atoms with Gasteiger partial charge in [0, 0.05) is 0 Å². The van der Waals surface area contributed by atoms with Gasteiger partial charge < -0.3 is 0 Å². The third-order valence-electron chi connectivity index (χ3n) is 3.72. The van der Waals surface area contributed by atoms with Gasteiger partial charge in [-0.3, -0.25) is 0 Å². The van der Waals surface area contributed by atoms with Crippen LogP contribution >= 0.6 is 0 Å². The minimum absolute atomic E-state index is 1.17. The summed E-state index contributed by atoms with van der Waals surface area (Å²) in [5, 5.41) is 4.87. The molecule has 20 heavy (non-hydrogen) atoms. The van der Waals surface area contributed by atoms with E-state index in [4.69, 9.17) is 0 Å². The van der Waals surface area contributed by atoms with Crippen molar-refractivity contribution in [2.24, 2.45) is 0 Å². The van der Waals surface area contributed by atoms with Gasteiger partial charge in [0.05, 0.1) is 0 Å². The van der Waals surface area contributed by atoms with Gasteiger partial charge in [-0.1, -0.05) is 78.9 Å². The van der Waals surface area contributed by atoms with E-state index >= 15 is 0 Å². The van der Waals surface area contributed by atoms with Crippen LogP contribution < -0.4 is 0 Å². The lowest BCUT2D eigenvalue weighted by molar-refractivity contribution is 1.67. The first-order valence-corrected chi connectivity index (χ1v) is 6.82. The number of hydrogen-bond donors (Lipinski definition) is 0. The lowest BCUT2D eigenvalue weighted by Gasteiger charge is -2.11. The minimum Gasteiger partial charge on any atom is -0.0622 e. The maximum atomic E-state index is 3.52. The fraction of sp³-hybridized carbons (Fsp3) is 0. The normalized spacial score (nSPS) is 11.0. The van der Waals surface area contributed by atoms with Crippen molar-refractivity contribution >= 4 is 21.5 Å². The highest BCUT2D eigenvalue weighted by Crippen LogP contribution is 2.35. The van der Waals surface area contributed by atoms with Crippen molar-refractivity contribution in [2.75, 3.05) is 0 Å². The topological polar surface area (TPSA) is 0 Å². The van der Waals surface area contributed by atoms with E-state index in [1.807, 2.05) is 0 Å². The predicted molar refractivity (Wildman–Crippen MR) is 85.7 cm³/mol. The van der Waals surface area contributed by atoms with Crippen LogP contribution in [0.4, 0.5) is 0 Å². The summed E-state index contributed by atoms with van der Waals surface area (Å²) in [6, 6.07) is 31.1. The van der Waals surface area contributed by atoms with Crippen molar-refractivity contribution in [2.45, 2.75) is 0 Å². The molecule has 0 amide bonds. The van der Waals surface area contributed by atoms with Gasteiger partial charge in [-0.15, -0.1) is 0 Å². The Kier molecular flexibility index (Phi) is 2.53. The van der Waals surface area contributed by atoms with Crippen LogP contribution in [0.1, 0.15) is 0 Å². The number of fused-ring (bicyclic) bond motifs is 2. The van der Waals surface area contributed by atoms with Crippen molar-refractivity contribution in [3.63, 3.8) is 0 Å². The number of rotatable bonds is 1. The summed E-state index contributed by atoms with van der Waals surface area (Å²) in [6.07, 6.45) is 0. The summed E-state index contributed by atoms with van der Waals surface area (Å²) in [6.45, 7) is 0. The van der Waals surface area contributed by atoms with Crippen molar-refractivity contribution in [1.82, 2.24) is 0 Å². The van der Waals surface area contributed by atoms with E-state index in [2.05, 4.69) is 84.9 Å². The van der Waals surface area contributed by atoms with Crippen LogP contribution in [0, 0.1) is 6.07 Å². The van der Waals surface area contributed by atoms with Gasteiger partial charge in [0.15, 0.2) is 0 Å². The molecule has 4 rings (SSSR count). The van der Waals surface area contributed by atoms with E-state index in [1.165, 1.54) is 32.7 Å². The maximum absolute atomic E-state index is 3.52. The standard InChI is InChI=1S/C20H13/c1-2-8-15(9-3-1)20-18-12-6-4-10-16(18)14-17-11-5-7-13-19(17)20/h1-13H. The Hall–Kier alpha value is -2.60. The third-order valence-corrected chi connectivity index (χ3v) is 3.72. The zero-order chi connectivity index (χ0) is 13.4. The lowest BCUT2D eigenvalue weighted by Crippen LogP contribution is -1.85. The Labute approximate surface area is 118 Å². The molecule has 0 atom stereocenters. The summed E-state index contributed by atoms with van der Waals surface area (Å²) in [4.78, 5) is 0. The van der Waals surface area contributed by atoms with Gasteiger partial charge in [-0.05, 0) is 38.7 Å². The summed E-state index contributed by atoms with van der Waals surface area (Å²) < 4.78 is 0. The molecule has 0 aromatic heterocycles. The molecule has 0 saturated carbocycles. The first kappa shape index (κ1) is 11.2. The van der Waals surface area contributed by atoms with Crippen LogP contribution in [0.3, 0.4) is 0 Å². The van der Waals surface area contributed by atoms with Gasteiger partial charge in [-0.2, -0.15) is 0 Å². The van der Waals surface area contributed by atoms with Gasteiger partial charge in [0.2, 0.25) is 0 Å². The second-order valence-electron chi connectivity index (χ2n) is 4.96. The maximum Gasteiger partial charge on any atom is -0.00139 e. The van der Waals surface area contributed by atoms with E-state index in [-0.39, 0.29) is 0 Å². The van der Waals surface area contributed by atoms with Gasteiger partial charge in [0.25, 0.3) is 0 Å². The van der Waals surface area contributed by atoms with E-state index < -0.39 is 0 Å². The largest absolute Gasteiger partial charge is 0.0622 e. The smallest absolute Gasteiger partial charge is 0.00139 e. The van der Waals surface area contributed by atoms with Crippen molar-refractivity contribution in [1.29, 1.82) is 0 Å². The molecule has 0 aliphatic heterocycles. The molecule has 1 radical (unpaired) electrons. The van der Waals surface area contributed by atoms with E-state index in [9.17, 15) is 0 Å². The Bertz CT molecular complexity index is 835. The Balaban J connectivity index is 2.24. The summed E-state index contributed by atoms with van der Waals surface area (Å²) >= 11 is 0. The average molecular weight is 253 g/mol. The van der Waals surface area contributed by atoms with Gasteiger partial charge in [0.1, 0.15) is 0 Å². The monoisotopic (exact) mass is 253 g/mol. The van der Waals surface area contributed by atoms with Crippen LogP contribution in [-0.4, -0.2) is 0 Å². The summed E-state index contributed by atoms with van der Waals surface area (Å²) in [7, 11) is 0. The van der Waals surface area contributed by atoms with Crippen LogP contribution in [-0.2, 0) is 0 Å². The Morgan fingerprint density at radius 3 is 1.60 bits per heavy atom. The first-order valence-electron chi connectivity index (χ1n) is 6.82. The average Bonchev–Trinajstić information content (AvgIpc) is 2.53. The molecule has 0 aliphatic carbocycles. The predicted octanol–water partition coefficient (Wildman–Crippen LogP) is 5.46. The molecule has 0 heteroatoms. The molecular formula is C20H13. The van der Waals surface area contributed by atoms with E-state index in [0.29, 0.717) is 0 Å². The molecule has 0 saturated heterocycles. The fourth-order valence-electron chi connectivity index (χ4n) is 2.83. The zero-order valence-corrected chi connectivity index (χ0v) is 11.0. The molecule has 93 valence electrons. The molecule has 0 nitrogen and oxygen atoms in total. The molecule has 0 unspecified atom stereocenters. The highest BCUT2D eigenvalue weighted by molar-refractivity contribution is 6.12. The molecule has 0 heterocycles. The molecule has 0 bridgehead atoms. The summed E-state index contributed by atoms with van der Waals surface area (Å²) in [5.74, 6) is 0.